The smallest absolute Gasteiger partial charge is 0.387 e. The van der Waals surface area contributed by atoms with Crippen LogP contribution in [-0.2, 0) is 4.79 Å². The van der Waals surface area contributed by atoms with Gasteiger partial charge in [0.15, 0.2) is 0 Å². The third-order valence-corrected chi connectivity index (χ3v) is 4.10. The normalized spacial score (nSPS) is 11.8. The first-order chi connectivity index (χ1) is 13.6. The van der Waals surface area contributed by atoms with Gasteiger partial charge in [-0.15, -0.1) is 0 Å². The molecule has 0 bridgehead atoms. The van der Waals surface area contributed by atoms with E-state index in [9.17, 15) is 13.6 Å². The first-order valence-electron chi connectivity index (χ1n) is 8.80. The van der Waals surface area contributed by atoms with Crippen molar-refractivity contribution in [2.24, 2.45) is 0 Å². The lowest BCUT2D eigenvalue weighted by Crippen LogP contribution is -2.31. The second-order valence-electron chi connectivity index (χ2n) is 6.09. The fraction of sp³-hybridized carbons (Fsp3) is 0.136. The third-order valence-electron chi connectivity index (χ3n) is 4.10. The first-order valence-corrected chi connectivity index (χ1v) is 8.80. The Labute approximate surface area is 162 Å². The molecule has 3 aromatic carbocycles. The number of benzene rings is 3. The van der Waals surface area contributed by atoms with Crippen LogP contribution >= 0.6 is 0 Å². The summed E-state index contributed by atoms with van der Waals surface area (Å²) in [7, 11) is 0. The minimum Gasteiger partial charge on any atom is -0.435 e. The molecule has 144 valence electrons. The van der Waals surface area contributed by atoms with Crippen molar-refractivity contribution < 1.29 is 18.3 Å². The summed E-state index contributed by atoms with van der Waals surface area (Å²) in [4.78, 5) is 12.3. The van der Waals surface area contributed by atoms with E-state index in [1.165, 1.54) is 12.1 Å². The van der Waals surface area contributed by atoms with Gasteiger partial charge < -0.3 is 10.1 Å². The number of halogens is 2. The highest BCUT2D eigenvalue weighted by Gasteiger charge is 2.16. The number of amides is 1. The minimum atomic E-state index is -2.87. The highest BCUT2D eigenvalue weighted by Crippen LogP contribution is 2.24. The Kier molecular flexibility index (Phi) is 6.70. The van der Waals surface area contributed by atoms with Crippen LogP contribution in [0.2, 0.25) is 0 Å². The van der Waals surface area contributed by atoms with Crippen molar-refractivity contribution in [2.45, 2.75) is 12.7 Å². The molecule has 3 rings (SSSR count). The molecule has 0 fully saturated rings. The maximum Gasteiger partial charge on any atom is 0.387 e. The molecule has 0 aliphatic rings. The molecule has 0 unspecified atom stereocenters. The molecule has 0 saturated carbocycles. The molecule has 0 spiro atoms. The Morgan fingerprint density at radius 2 is 1.39 bits per heavy atom. The zero-order valence-corrected chi connectivity index (χ0v) is 15.0. The molecular formula is C22H20F2N2O2. The molecule has 1 amide bonds. The van der Waals surface area contributed by atoms with Crippen LogP contribution < -0.4 is 15.4 Å². The number of hydrogen-bond donors (Lipinski definition) is 2. The van der Waals surface area contributed by atoms with E-state index < -0.39 is 6.61 Å². The van der Waals surface area contributed by atoms with E-state index in [-0.39, 0.29) is 24.2 Å². The maximum absolute atomic E-state index is 12.4. The molecule has 0 radical (unpaired) electrons. The van der Waals surface area contributed by atoms with Gasteiger partial charge in [0, 0.05) is 5.69 Å². The molecule has 0 aromatic heterocycles. The summed E-state index contributed by atoms with van der Waals surface area (Å²) < 4.78 is 29.1. The molecule has 0 aliphatic heterocycles. The Morgan fingerprint density at radius 3 is 2.00 bits per heavy atom. The highest BCUT2D eigenvalue weighted by molar-refractivity contribution is 5.92. The van der Waals surface area contributed by atoms with Gasteiger partial charge in [0.2, 0.25) is 5.91 Å². The average Bonchev–Trinajstić information content (AvgIpc) is 2.70. The number of hydrogen-bond acceptors (Lipinski definition) is 3. The number of anilines is 1. The van der Waals surface area contributed by atoms with Crippen LogP contribution in [0.1, 0.15) is 17.2 Å². The van der Waals surface area contributed by atoms with Crippen LogP contribution in [0.4, 0.5) is 14.5 Å². The standard InChI is InChI=1S/C22H20F2N2O2/c23-22(24)28-19-13-11-17(12-14-19)21(16-7-3-1-4-8-16)25-15-20(27)26-18-9-5-2-6-10-18/h1-14,21-22,25H,15H2,(H,26,27)/t21-/m1/s1. The van der Waals surface area contributed by atoms with E-state index in [4.69, 9.17) is 0 Å². The highest BCUT2D eigenvalue weighted by atomic mass is 19.3. The Balaban J connectivity index is 1.72. The molecule has 0 aliphatic carbocycles. The fourth-order valence-corrected chi connectivity index (χ4v) is 2.84. The molecule has 1 atom stereocenters. The molecule has 4 nitrogen and oxygen atoms in total. The number of ether oxygens (including phenoxy) is 1. The number of nitrogens with one attached hydrogen (secondary N) is 2. The van der Waals surface area contributed by atoms with Gasteiger partial charge in [0.25, 0.3) is 0 Å². The van der Waals surface area contributed by atoms with Crippen LogP contribution in [0.15, 0.2) is 84.9 Å². The van der Waals surface area contributed by atoms with Gasteiger partial charge in [0.05, 0.1) is 12.6 Å². The van der Waals surface area contributed by atoms with Crippen molar-refractivity contribution in [1.82, 2.24) is 5.32 Å². The van der Waals surface area contributed by atoms with E-state index in [1.54, 1.807) is 12.1 Å². The summed E-state index contributed by atoms with van der Waals surface area (Å²) in [5, 5.41) is 6.06. The number of carbonyl (C=O) groups is 1. The van der Waals surface area contributed by atoms with E-state index in [1.807, 2.05) is 60.7 Å². The molecule has 0 saturated heterocycles. The van der Waals surface area contributed by atoms with Gasteiger partial charge in [-0.05, 0) is 35.4 Å². The Morgan fingerprint density at radius 1 is 0.821 bits per heavy atom. The van der Waals surface area contributed by atoms with Gasteiger partial charge in [-0.2, -0.15) is 8.78 Å². The summed E-state index contributed by atoms with van der Waals surface area (Å²) in [5.41, 5.74) is 2.51. The Hall–Kier alpha value is -3.25. The average molecular weight is 382 g/mol. The summed E-state index contributed by atoms with van der Waals surface area (Å²) in [6.45, 7) is -2.78. The first kappa shape index (κ1) is 19.5. The van der Waals surface area contributed by atoms with Crippen LogP contribution in [-0.4, -0.2) is 19.1 Å². The summed E-state index contributed by atoms with van der Waals surface area (Å²) in [6.07, 6.45) is 0. The van der Waals surface area contributed by atoms with Gasteiger partial charge in [0.1, 0.15) is 5.75 Å². The Bertz CT molecular complexity index is 872. The van der Waals surface area contributed by atoms with E-state index >= 15 is 0 Å². The predicted molar refractivity (Wildman–Crippen MR) is 104 cm³/mol. The van der Waals surface area contributed by atoms with E-state index in [2.05, 4.69) is 15.4 Å². The van der Waals surface area contributed by atoms with Gasteiger partial charge in [-0.1, -0.05) is 60.7 Å². The van der Waals surface area contributed by atoms with Gasteiger partial charge >= 0.3 is 6.61 Å². The minimum absolute atomic E-state index is 0.0870. The summed E-state index contributed by atoms with van der Waals surface area (Å²) in [5.74, 6) is -0.0860. The van der Waals surface area contributed by atoms with E-state index in [0.29, 0.717) is 0 Å². The second-order valence-corrected chi connectivity index (χ2v) is 6.09. The summed E-state index contributed by atoms with van der Waals surface area (Å²) >= 11 is 0. The van der Waals surface area contributed by atoms with Crippen molar-refractivity contribution in [3.8, 4) is 5.75 Å². The molecular weight excluding hydrogens is 362 g/mol. The molecule has 0 heterocycles. The van der Waals surface area contributed by atoms with Crippen molar-refractivity contribution >= 4 is 11.6 Å². The van der Waals surface area contributed by atoms with Gasteiger partial charge in [-0.25, -0.2) is 0 Å². The largest absolute Gasteiger partial charge is 0.435 e. The van der Waals surface area contributed by atoms with Crippen LogP contribution in [0.5, 0.6) is 5.75 Å². The lowest BCUT2D eigenvalue weighted by atomic mass is 9.98. The van der Waals surface area contributed by atoms with Crippen molar-refractivity contribution in [3.63, 3.8) is 0 Å². The zero-order chi connectivity index (χ0) is 19.8. The molecule has 6 heteroatoms. The number of carbonyl (C=O) groups excluding carboxylic acids is 1. The van der Waals surface area contributed by atoms with Crippen molar-refractivity contribution in [3.05, 3.63) is 96.1 Å². The number of alkyl halides is 2. The fourth-order valence-electron chi connectivity index (χ4n) is 2.84. The van der Waals surface area contributed by atoms with Crippen molar-refractivity contribution in [1.29, 1.82) is 0 Å². The molecule has 28 heavy (non-hydrogen) atoms. The lowest BCUT2D eigenvalue weighted by Gasteiger charge is -2.20. The van der Waals surface area contributed by atoms with Gasteiger partial charge in [-0.3, -0.25) is 10.1 Å². The number of para-hydroxylation sites is 1. The topological polar surface area (TPSA) is 50.4 Å². The summed E-state index contributed by atoms with van der Waals surface area (Å²) in [6, 6.07) is 24.9. The molecule has 2 N–H and O–H groups in total. The van der Waals surface area contributed by atoms with Crippen LogP contribution in [0, 0.1) is 0 Å². The monoisotopic (exact) mass is 382 g/mol. The van der Waals surface area contributed by atoms with Crippen LogP contribution in [0.3, 0.4) is 0 Å². The third kappa shape index (κ3) is 5.62. The zero-order valence-electron chi connectivity index (χ0n) is 15.0. The lowest BCUT2D eigenvalue weighted by molar-refractivity contribution is -0.115. The molecule has 3 aromatic rings. The van der Waals surface area contributed by atoms with Crippen LogP contribution in [0.25, 0.3) is 0 Å². The second kappa shape index (κ2) is 9.62. The quantitative estimate of drug-likeness (QED) is 0.598. The number of rotatable bonds is 8. The SMILES string of the molecule is O=C(CN[C@H](c1ccccc1)c1ccc(OC(F)F)cc1)Nc1ccccc1. The maximum atomic E-state index is 12.4. The van der Waals surface area contributed by atoms with Crippen molar-refractivity contribution in [2.75, 3.05) is 11.9 Å². The predicted octanol–water partition coefficient (Wildman–Crippen LogP) is 4.61. The van der Waals surface area contributed by atoms with E-state index in [0.717, 1.165) is 16.8 Å².